The van der Waals surface area contributed by atoms with E-state index >= 15 is 0 Å². The van der Waals surface area contributed by atoms with Crippen molar-refractivity contribution in [1.29, 1.82) is 0 Å². The minimum atomic E-state index is -0.299. The molecule has 0 saturated carbocycles. The molecule has 2 heterocycles. The molecule has 4 nitrogen and oxygen atoms in total. The number of fused-ring (bicyclic) bond motifs is 1. The molecule has 2 aromatic rings. The zero-order valence-electron chi connectivity index (χ0n) is 11.0. The summed E-state index contributed by atoms with van der Waals surface area (Å²) in [4.78, 5) is 24.6. The van der Waals surface area contributed by atoms with Gasteiger partial charge in [0.25, 0.3) is 11.8 Å². The van der Waals surface area contributed by atoms with Gasteiger partial charge in [-0.2, -0.15) is 5.01 Å². The van der Waals surface area contributed by atoms with E-state index in [0.717, 1.165) is 5.56 Å². The standard InChI is InChI=1S/C16H11FN2O2/c17-11-7-5-10(6-8-11)14-9-18(14)19-15(20)12-3-1-2-4-13(12)16(19)21/h1-8,14H,9H2/t14-,18?/m1/s1. The van der Waals surface area contributed by atoms with Crippen LogP contribution in [0.4, 0.5) is 4.39 Å². The smallest absolute Gasteiger partial charge is 0.267 e. The molecule has 2 aliphatic rings. The van der Waals surface area contributed by atoms with E-state index in [-0.39, 0.29) is 23.7 Å². The summed E-state index contributed by atoms with van der Waals surface area (Å²) < 4.78 is 12.9. The van der Waals surface area contributed by atoms with Crippen LogP contribution >= 0.6 is 0 Å². The molecule has 0 aliphatic carbocycles. The van der Waals surface area contributed by atoms with Crippen LogP contribution in [-0.4, -0.2) is 28.4 Å². The van der Waals surface area contributed by atoms with Crippen molar-refractivity contribution in [1.82, 2.24) is 10.0 Å². The molecule has 21 heavy (non-hydrogen) atoms. The minimum Gasteiger partial charge on any atom is -0.267 e. The first-order valence-corrected chi connectivity index (χ1v) is 6.66. The SMILES string of the molecule is O=C1c2ccccc2C(=O)N1N1C[C@@H]1c1ccc(F)cc1. The summed E-state index contributed by atoms with van der Waals surface area (Å²) in [5.41, 5.74) is 1.77. The molecule has 1 saturated heterocycles. The second-order valence-corrected chi connectivity index (χ2v) is 5.16. The van der Waals surface area contributed by atoms with Crippen molar-refractivity contribution in [2.24, 2.45) is 0 Å². The summed E-state index contributed by atoms with van der Waals surface area (Å²) in [6.07, 6.45) is 0. The lowest BCUT2D eigenvalue weighted by molar-refractivity contribution is 0.0370. The van der Waals surface area contributed by atoms with Gasteiger partial charge in [0.05, 0.1) is 17.2 Å². The normalized spacial score (nSPS) is 23.4. The highest BCUT2D eigenvalue weighted by Crippen LogP contribution is 2.40. The van der Waals surface area contributed by atoms with Crippen LogP contribution in [0.15, 0.2) is 48.5 Å². The summed E-state index contributed by atoms with van der Waals surface area (Å²) in [6.45, 7) is 0.580. The largest absolute Gasteiger partial charge is 0.276 e. The highest BCUT2D eigenvalue weighted by atomic mass is 19.1. The summed E-state index contributed by atoms with van der Waals surface area (Å²) in [6, 6.07) is 12.9. The van der Waals surface area contributed by atoms with Gasteiger partial charge in [-0.25, -0.2) is 9.40 Å². The number of nitrogens with zero attached hydrogens (tertiary/aromatic N) is 2. The number of hydrazine groups is 1. The molecule has 2 aromatic carbocycles. The Bertz CT molecular complexity index is 722. The third-order valence-corrected chi connectivity index (χ3v) is 3.87. The van der Waals surface area contributed by atoms with E-state index < -0.39 is 0 Å². The van der Waals surface area contributed by atoms with Gasteiger partial charge in [-0.3, -0.25) is 9.59 Å². The van der Waals surface area contributed by atoms with Crippen molar-refractivity contribution in [2.75, 3.05) is 6.54 Å². The Hall–Kier alpha value is -2.53. The number of hydrogen-bond acceptors (Lipinski definition) is 3. The number of rotatable bonds is 2. The van der Waals surface area contributed by atoms with Gasteiger partial charge in [0.15, 0.2) is 0 Å². The van der Waals surface area contributed by atoms with E-state index in [9.17, 15) is 14.0 Å². The number of imide groups is 1. The zero-order valence-corrected chi connectivity index (χ0v) is 11.0. The van der Waals surface area contributed by atoms with E-state index in [4.69, 9.17) is 0 Å². The average molecular weight is 282 g/mol. The van der Waals surface area contributed by atoms with Gasteiger partial charge < -0.3 is 0 Å². The Balaban J connectivity index is 1.61. The van der Waals surface area contributed by atoms with Gasteiger partial charge in [0.1, 0.15) is 5.82 Å². The van der Waals surface area contributed by atoms with Crippen molar-refractivity contribution in [3.05, 3.63) is 71.0 Å². The third kappa shape index (κ3) is 1.78. The maximum atomic E-state index is 12.9. The first-order chi connectivity index (χ1) is 10.2. The number of carbonyl (C=O) groups excluding carboxylic acids is 2. The maximum Gasteiger partial charge on any atom is 0.276 e. The molecule has 2 atom stereocenters. The van der Waals surface area contributed by atoms with Gasteiger partial charge in [-0.05, 0) is 29.8 Å². The molecule has 2 amide bonds. The van der Waals surface area contributed by atoms with Crippen LogP contribution < -0.4 is 0 Å². The van der Waals surface area contributed by atoms with Crippen LogP contribution in [0, 0.1) is 5.82 Å². The summed E-state index contributed by atoms with van der Waals surface area (Å²) in [5.74, 6) is -0.882. The molecule has 104 valence electrons. The fraction of sp³-hybridized carbons (Fsp3) is 0.125. The monoisotopic (exact) mass is 282 g/mol. The topological polar surface area (TPSA) is 40.4 Å². The number of amides is 2. The van der Waals surface area contributed by atoms with Crippen molar-refractivity contribution in [3.63, 3.8) is 0 Å². The van der Waals surface area contributed by atoms with Gasteiger partial charge in [0, 0.05) is 6.54 Å². The Morgan fingerprint density at radius 1 is 0.905 bits per heavy atom. The van der Waals surface area contributed by atoms with Gasteiger partial charge in [-0.15, -0.1) is 0 Å². The molecular formula is C16H11FN2O2. The highest BCUT2D eigenvalue weighted by Gasteiger charge is 2.49. The van der Waals surface area contributed by atoms with E-state index in [2.05, 4.69) is 0 Å². The number of carbonyl (C=O) groups is 2. The van der Waals surface area contributed by atoms with Gasteiger partial charge in [0.2, 0.25) is 0 Å². The molecule has 0 bridgehead atoms. The molecular weight excluding hydrogens is 271 g/mol. The molecule has 1 fully saturated rings. The molecule has 0 aromatic heterocycles. The molecule has 1 unspecified atom stereocenters. The summed E-state index contributed by atoms with van der Waals surface area (Å²) >= 11 is 0. The fourth-order valence-corrected chi connectivity index (χ4v) is 2.72. The lowest BCUT2D eigenvalue weighted by Crippen LogP contribution is -2.35. The number of halogens is 1. The van der Waals surface area contributed by atoms with E-state index in [1.54, 1.807) is 41.4 Å². The maximum absolute atomic E-state index is 12.9. The van der Waals surface area contributed by atoms with Crippen LogP contribution in [0.5, 0.6) is 0 Å². The molecule has 0 N–H and O–H groups in total. The van der Waals surface area contributed by atoms with Crippen LogP contribution in [-0.2, 0) is 0 Å². The van der Waals surface area contributed by atoms with Crippen molar-refractivity contribution in [2.45, 2.75) is 6.04 Å². The first kappa shape index (κ1) is 12.2. The van der Waals surface area contributed by atoms with E-state index in [1.165, 1.54) is 17.1 Å². The minimum absolute atomic E-state index is 0.0483. The molecule has 4 rings (SSSR count). The number of benzene rings is 2. The quantitative estimate of drug-likeness (QED) is 0.627. The zero-order chi connectivity index (χ0) is 14.6. The molecule has 0 spiro atoms. The Kier molecular flexibility index (Phi) is 2.46. The summed E-state index contributed by atoms with van der Waals surface area (Å²) in [7, 11) is 0. The van der Waals surface area contributed by atoms with Crippen LogP contribution in [0.2, 0.25) is 0 Å². The molecule has 0 radical (unpaired) electrons. The van der Waals surface area contributed by atoms with Crippen LogP contribution in [0.25, 0.3) is 0 Å². The molecule has 5 heteroatoms. The van der Waals surface area contributed by atoms with Crippen LogP contribution in [0.3, 0.4) is 0 Å². The van der Waals surface area contributed by atoms with E-state index in [1.807, 2.05) is 0 Å². The van der Waals surface area contributed by atoms with Gasteiger partial charge >= 0.3 is 0 Å². The first-order valence-electron chi connectivity index (χ1n) is 6.66. The van der Waals surface area contributed by atoms with Crippen molar-refractivity contribution in [3.8, 4) is 0 Å². The average Bonchev–Trinajstić information content (AvgIpc) is 3.23. The second-order valence-electron chi connectivity index (χ2n) is 5.16. The van der Waals surface area contributed by atoms with E-state index in [0.29, 0.717) is 17.7 Å². The predicted molar refractivity (Wildman–Crippen MR) is 72.8 cm³/mol. The number of hydrogen-bond donors (Lipinski definition) is 0. The summed E-state index contributed by atoms with van der Waals surface area (Å²) in [5, 5.41) is 2.90. The van der Waals surface area contributed by atoms with Crippen molar-refractivity contribution < 1.29 is 14.0 Å². The predicted octanol–water partition coefficient (Wildman–Crippen LogP) is 2.39. The Labute approximate surface area is 120 Å². The second kappa shape index (κ2) is 4.23. The highest BCUT2D eigenvalue weighted by molar-refractivity contribution is 6.21. The lowest BCUT2D eigenvalue weighted by Gasteiger charge is -2.15. The van der Waals surface area contributed by atoms with Crippen LogP contribution in [0.1, 0.15) is 32.3 Å². The fourth-order valence-electron chi connectivity index (χ4n) is 2.72. The van der Waals surface area contributed by atoms with Gasteiger partial charge in [-0.1, -0.05) is 24.3 Å². The lowest BCUT2D eigenvalue weighted by atomic mass is 10.1. The Morgan fingerprint density at radius 3 is 2.05 bits per heavy atom. The third-order valence-electron chi connectivity index (χ3n) is 3.87. The Morgan fingerprint density at radius 2 is 1.48 bits per heavy atom. The molecule has 2 aliphatic heterocycles. The van der Waals surface area contributed by atoms with Crippen molar-refractivity contribution >= 4 is 11.8 Å².